The van der Waals surface area contributed by atoms with Gasteiger partial charge in [0.05, 0.1) is 16.6 Å². The molecule has 3 heterocycles. The largest absolute Gasteiger partial charge is 0.486 e. The third kappa shape index (κ3) is 2.84. The second kappa shape index (κ2) is 6.07. The Morgan fingerprint density at radius 1 is 1.28 bits per heavy atom. The normalized spacial score (nSPS) is 14.5. The number of carbonyl (C=O) groups is 1. The maximum Gasteiger partial charge on any atom is 0.261 e. The number of hydrogen-bond acceptors (Lipinski definition) is 5. The number of nitrogens with one attached hydrogen (secondary N) is 1. The molecule has 7 heteroatoms. The molecule has 0 bridgehead atoms. The molecule has 1 N–H and O–H groups in total. The van der Waals surface area contributed by atoms with Crippen molar-refractivity contribution in [3.05, 3.63) is 40.4 Å². The summed E-state index contributed by atoms with van der Waals surface area (Å²) < 4.78 is 13.0. The highest BCUT2D eigenvalue weighted by Crippen LogP contribution is 2.33. The maximum absolute atomic E-state index is 12.6. The number of rotatable bonds is 3. The minimum Gasteiger partial charge on any atom is -0.486 e. The van der Waals surface area contributed by atoms with E-state index in [9.17, 15) is 4.79 Å². The first kappa shape index (κ1) is 16.0. The second-order valence-corrected chi connectivity index (χ2v) is 7.17. The fraction of sp³-hybridized carbons (Fsp3) is 0.333. The maximum atomic E-state index is 12.6. The molecule has 2 aromatic heterocycles. The van der Waals surface area contributed by atoms with Crippen LogP contribution in [-0.4, -0.2) is 28.9 Å². The number of thiophene rings is 1. The van der Waals surface area contributed by atoms with Crippen LogP contribution in [0.4, 0.5) is 0 Å². The lowest BCUT2D eigenvalue weighted by molar-refractivity contribution is 0.0944. The molecular formula is C18H19N3O3S. The van der Waals surface area contributed by atoms with Crippen molar-refractivity contribution in [3.8, 4) is 11.5 Å². The number of aromatic nitrogens is 2. The van der Waals surface area contributed by atoms with Crippen LogP contribution in [-0.2, 0) is 7.05 Å². The smallest absolute Gasteiger partial charge is 0.261 e. The third-order valence-electron chi connectivity index (χ3n) is 4.33. The van der Waals surface area contributed by atoms with Gasteiger partial charge in [0.1, 0.15) is 18.0 Å². The Kier molecular flexibility index (Phi) is 3.88. The van der Waals surface area contributed by atoms with Crippen molar-refractivity contribution in [1.82, 2.24) is 15.1 Å². The Balaban J connectivity index is 1.54. The van der Waals surface area contributed by atoms with Gasteiger partial charge in [-0.3, -0.25) is 9.48 Å². The van der Waals surface area contributed by atoms with Crippen LogP contribution in [0.3, 0.4) is 0 Å². The average molecular weight is 357 g/mol. The van der Waals surface area contributed by atoms with Gasteiger partial charge < -0.3 is 14.8 Å². The molecule has 0 aliphatic carbocycles. The summed E-state index contributed by atoms with van der Waals surface area (Å²) in [5, 5.41) is 8.46. The predicted octanol–water partition coefficient (Wildman–Crippen LogP) is 3.21. The number of hydrogen-bond donors (Lipinski definition) is 1. The van der Waals surface area contributed by atoms with E-state index in [0.29, 0.717) is 18.1 Å². The Morgan fingerprint density at radius 2 is 2.04 bits per heavy atom. The number of aryl methyl sites for hydroxylation is 2. The summed E-state index contributed by atoms with van der Waals surface area (Å²) in [5.41, 5.74) is 1.92. The fourth-order valence-electron chi connectivity index (χ4n) is 3.00. The van der Waals surface area contributed by atoms with Gasteiger partial charge in [0.2, 0.25) is 0 Å². The highest BCUT2D eigenvalue weighted by molar-refractivity contribution is 7.20. The van der Waals surface area contributed by atoms with E-state index in [1.54, 1.807) is 0 Å². The molecule has 1 aliphatic rings. The topological polar surface area (TPSA) is 65.4 Å². The molecule has 6 nitrogen and oxygen atoms in total. The van der Waals surface area contributed by atoms with Crippen molar-refractivity contribution in [2.45, 2.75) is 19.9 Å². The SMILES string of the molecule is Cc1nn(C)c2sc(C(=O)NC(C)c3ccc4c(c3)OCCO4)cc12. The number of ether oxygens (including phenoxy) is 2. The number of nitrogens with zero attached hydrogens (tertiary/aromatic N) is 2. The summed E-state index contributed by atoms with van der Waals surface area (Å²) in [6, 6.07) is 7.55. The molecule has 3 aromatic rings. The van der Waals surface area contributed by atoms with E-state index >= 15 is 0 Å². The van der Waals surface area contributed by atoms with Crippen LogP contribution in [0.25, 0.3) is 10.2 Å². The van der Waals surface area contributed by atoms with Gasteiger partial charge in [-0.15, -0.1) is 11.3 Å². The first-order chi connectivity index (χ1) is 12.0. The molecule has 0 saturated carbocycles. The van der Waals surface area contributed by atoms with Crippen LogP contribution in [0.5, 0.6) is 11.5 Å². The zero-order valence-electron chi connectivity index (χ0n) is 14.3. The molecule has 1 aromatic carbocycles. The van der Waals surface area contributed by atoms with Gasteiger partial charge in [-0.1, -0.05) is 6.07 Å². The van der Waals surface area contributed by atoms with Crippen LogP contribution in [0, 0.1) is 6.92 Å². The van der Waals surface area contributed by atoms with Crippen molar-refractivity contribution < 1.29 is 14.3 Å². The lowest BCUT2D eigenvalue weighted by Gasteiger charge is -2.21. The number of amides is 1. The molecule has 0 saturated heterocycles. The summed E-state index contributed by atoms with van der Waals surface area (Å²) >= 11 is 1.46. The number of carbonyl (C=O) groups excluding carboxylic acids is 1. The monoisotopic (exact) mass is 357 g/mol. The van der Waals surface area contributed by atoms with Gasteiger partial charge in [0.25, 0.3) is 5.91 Å². The summed E-state index contributed by atoms with van der Waals surface area (Å²) in [7, 11) is 1.89. The van der Waals surface area contributed by atoms with E-state index in [4.69, 9.17) is 9.47 Å². The van der Waals surface area contributed by atoms with Gasteiger partial charge in [-0.25, -0.2) is 0 Å². The summed E-state index contributed by atoms with van der Waals surface area (Å²) in [6.45, 7) is 5.03. The quantitative estimate of drug-likeness (QED) is 0.782. The third-order valence-corrected chi connectivity index (χ3v) is 5.53. The summed E-state index contributed by atoms with van der Waals surface area (Å²) in [4.78, 5) is 14.3. The highest BCUT2D eigenvalue weighted by Gasteiger charge is 2.19. The molecule has 0 fully saturated rings. The molecule has 1 aliphatic heterocycles. The van der Waals surface area contributed by atoms with Crippen molar-refractivity contribution in [1.29, 1.82) is 0 Å². The first-order valence-electron chi connectivity index (χ1n) is 8.16. The Bertz CT molecular complexity index is 926. The molecule has 130 valence electrons. The van der Waals surface area contributed by atoms with Crippen molar-refractivity contribution in [2.75, 3.05) is 13.2 Å². The minimum absolute atomic E-state index is 0.0806. The van der Waals surface area contributed by atoms with E-state index < -0.39 is 0 Å². The Hall–Kier alpha value is -2.54. The van der Waals surface area contributed by atoms with Crippen molar-refractivity contribution >= 4 is 27.5 Å². The summed E-state index contributed by atoms with van der Waals surface area (Å²) in [5.74, 6) is 1.40. The molecule has 0 radical (unpaired) electrons. The standard InChI is InChI=1S/C18H19N3O3S/c1-10(12-4-5-14-15(8-12)24-7-6-23-14)19-17(22)16-9-13-11(2)20-21(3)18(13)25-16/h4-5,8-10H,6-7H2,1-3H3,(H,19,22). The van der Waals surface area contributed by atoms with E-state index in [-0.39, 0.29) is 11.9 Å². The van der Waals surface area contributed by atoms with E-state index in [1.807, 2.05) is 49.8 Å². The molecule has 1 atom stereocenters. The van der Waals surface area contributed by atoms with Crippen LogP contribution in [0.2, 0.25) is 0 Å². The highest BCUT2D eigenvalue weighted by atomic mass is 32.1. The molecule has 1 unspecified atom stereocenters. The van der Waals surface area contributed by atoms with Gasteiger partial charge in [0.15, 0.2) is 11.5 Å². The zero-order valence-corrected chi connectivity index (χ0v) is 15.1. The van der Waals surface area contributed by atoms with E-state index in [1.165, 1.54) is 11.3 Å². The second-order valence-electron chi connectivity index (χ2n) is 6.14. The summed E-state index contributed by atoms with van der Waals surface area (Å²) in [6.07, 6.45) is 0. The lowest BCUT2D eigenvalue weighted by Crippen LogP contribution is -2.26. The van der Waals surface area contributed by atoms with Crippen LogP contribution < -0.4 is 14.8 Å². The number of fused-ring (bicyclic) bond motifs is 2. The lowest BCUT2D eigenvalue weighted by atomic mass is 10.1. The number of benzene rings is 1. The van der Waals surface area contributed by atoms with Gasteiger partial charge in [0, 0.05) is 12.4 Å². The van der Waals surface area contributed by atoms with Gasteiger partial charge >= 0.3 is 0 Å². The molecular weight excluding hydrogens is 338 g/mol. The van der Waals surface area contributed by atoms with Gasteiger partial charge in [-0.05, 0) is 37.6 Å². The van der Waals surface area contributed by atoms with Crippen LogP contribution >= 0.6 is 11.3 Å². The first-order valence-corrected chi connectivity index (χ1v) is 8.98. The molecule has 0 spiro atoms. The minimum atomic E-state index is -0.132. The Morgan fingerprint density at radius 3 is 2.80 bits per heavy atom. The van der Waals surface area contributed by atoms with Gasteiger partial charge in [-0.2, -0.15) is 5.10 Å². The fourth-order valence-corrected chi connectivity index (χ4v) is 4.02. The van der Waals surface area contributed by atoms with E-state index in [0.717, 1.165) is 33.0 Å². The average Bonchev–Trinajstić information content (AvgIpc) is 3.16. The Labute approximate surface area is 149 Å². The zero-order chi connectivity index (χ0) is 17.6. The van der Waals surface area contributed by atoms with Crippen LogP contribution in [0.15, 0.2) is 24.3 Å². The van der Waals surface area contributed by atoms with Crippen LogP contribution in [0.1, 0.15) is 33.9 Å². The van der Waals surface area contributed by atoms with Crippen molar-refractivity contribution in [3.63, 3.8) is 0 Å². The predicted molar refractivity (Wildman–Crippen MR) is 96.6 cm³/mol. The molecule has 25 heavy (non-hydrogen) atoms. The van der Waals surface area contributed by atoms with Crippen molar-refractivity contribution in [2.24, 2.45) is 7.05 Å². The molecule has 4 rings (SSSR count). The van der Waals surface area contributed by atoms with E-state index in [2.05, 4.69) is 10.4 Å². The molecule has 1 amide bonds.